The molecule has 4 aromatic heterocycles. The number of fused-ring (bicyclic) bond motifs is 1. The Morgan fingerprint density at radius 3 is 2.68 bits per heavy atom. The van der Waals surface area contributed by atoms with Crippen LogP contribution in [0.25, 0.3) is 16.6 Å². The molecule has 5 heterocycles. The molecule has 0 atom stereocenters. The summed E-state index contributed by atoms with van der Waals surface area (Å²) in [4.78, 5) is 16.4. The second-order valence-corrected chi connectivity index (χ2v) is 9.01. The van der Waals surface area contributed by atoms with E-state index >= 15 is 0 Å². The lowest BCUT2D eigenvalue weighted by atomic mass is 10.1. The van der Waals surface area contributed by atoms with Crippen molar-refractivity contribution >= 4 is 40.2 Å². The summed E-state index contributed by atoms with van der Waals surface area (Å²) in [6.45, 7) is 2.91. The molecule has 1 saturated heterocycles. The molecule has 0 aromatic carbocycles. The number of rotatable bonds is 4. The number of amides is 1. The highest BCUT2D eigenvalue weighted by atomic mass is 35.5. The van der Waals surface area contributed by atoms with Gasteiger partial charge in [0.25, 0.3) is 0 Å². The number of halogens is 1. The van der Waals surface area contributed by atoms with Crippen LogP contribution >= 0.6 is 22.9 Å². The minimum absolute atomic E-state index is 0.246. The van der Waals surface area contributed by atoms with Crippen LogP contribution in [0.3, 0.4) is 0 Å². The molecule has 5 rings (SSSR count). The first-order chi connectivity index (χ1) is 15.1. The van der Waals surface area contributed by atoms with Crippen LogP contribution in [-0.2, 0) is 18.4 Å². The normalized spacial score (nSPS) is 14.4. The summed E-state index contributed by atoms with van der Waals surface area (Å²) >= 11 is 7.36. The van der Waals surface area contributed by atoms with Gasteiger partial charge in [0.05, 0.1) is 27.9 Å². The van der Waals surface area contributed by atoms with Crippen LogP contribution in [0.2, 0.25) is 4.34 Å². The molecule has 1 fully saturated rings. The lowest BCUT2D eigenvalue weighted by molar-refractivity contribution is 0.0943. The summed E-state index contributed by atoms with van der Waals surface area (Å²) in [5.41, 5.74) is 5.14. The van der Waals surface area contributed by atoms with E-state index in [0.29, 0.717) is 17.4 Å². The van der Waals surface area contributed by atoms with E-state index in [1.807, 2.05) is 47.8 Å². The first-order valence-electron chi connectivity index (χ1n) is 9.93. The van der Waals surface area contributed by atoms with Gasteiger partial charge in [0.15, 0.2) is 0 Å². The van der Waals surface area contributed by atoms with Crippen molar-refractivity contribution in [2.75, 3.05) is 31.1 Å². The average molecular weight is 457 g/mol. The zero-order chi connectivity index (χ0) is 21.4. The molecule has 0 unspecified atom stereocenters. The van der Waals surface area contributed by atoms with Crippen LogP contribution in [0.4, 0.5) is 10.5 Å². The quantitative estimate of drug-likeness (QED) is 0.465. The maximum atomic E-state index is 12.4. The fraction of sp³-hybridized carbons (Fsp3) is 0.286. The van der Waals surface area contributed by atoms with Gasteiger partial charge in [0.2, 0.25) is 0 Å². The molecule has 31 heavy (non-hydrogen) atoms. The second-order valence-electron chi connectivity index (χ2n) is 7.47. The van der Waals surface area contributed by atoms with Crippen LogP contribution in [0.5, 0.6) is 0 Å². The molecule has 0 aliphatic carbocycles. The highest BCUT2D eigenvalue weighted by Gasteiger charge is 2.24. The molecule has 0 bridgehead atoms. The largest absolute Gasteiger partial charge is 0.445 e. The first kappa shape index (κ1) is 19.9. The van der Waals surface area contributed by atoms with E-state index < -0.39 is 0 Å². The molecule has 160 valence electrons. The van der Waals surface area contributed by atoms with E-state index in [9.17, 15) is 4.79 Å². The standard InChI is InChI=1S/C21H21ClN6O2S/c1-25-11-17(9-23-25)16-2-3-18-19(10-24-28(18)12-16)26-4-6-27(7-5-26)21(29)30-13-15-8-20(22)31-14-15/h2-3,8-12,14H,4-7,13H2,1H3. The lowest BCUT2D eigenvalue weighted by Gasteiger charge is -2.34. The van der Waals surface area contributed by atoms with Gasteiger partial charge in [0, 0.05) is 62.3 Å². The van der Waals surface area contributed by atoms with Crippen LogP contribution in [0.1, 0.15) is 5.56 Å². The Bertz CT molecular complexity index is 1220. The van der Waals surface area contributed by atoms with Crippen molar-refractivity contribution in [2.45, 2.75) is 6.61 Å². The smallest absolute Gasteiger partial charge is 0.410 e. The molecular formula is C21H21ClN6O2S. The van der Waals surface area contributed by atoms with E-state index in [0.717, 1.165) is 41.0 Å². The molecular weight excluding hydrogens is 436 g/mol. The molecule has 1 aliphatic rings. The summed E-state index contributed by atoms with van der Waals surface area (Å²) in [6.07, 6.45) is 7.44. The molecule has 8 nitrogen and oxygen atoms in total. The Labute approximate surface area is 188 Å². The molecule has 0 spiro atoms. The monoisotopic (exact) mass is 456 g/mol. The van der Waals surface area contributed by atoms with Gasteiger partial charge in [-0.2, -0.15) is 10.2 Å². The zero-order valence-electron chi connectivity index (χ0n) is 16.9. The summed E-state index contributed by atoms with van der Waals surface area (Å²) in [5, 5.41) is 10.7. The van der Waals surface area contributed by atoms with Crippen molar-refractivity contribution < 1.29 is 9.53 Å². The van der Waals surface area contributed by atoms with E-state index in [2.05, 4.69) is 27.2 Å². The van der Waals surface area contributed by atoms with Gasteiger partial charge in [0.1, 0.15) is 6.61 Å². The third-order valence-electron chi connectivity index (χ3n) is 5.40. The minimum atomic E-state index is -0.289. The Kier molecular flexibility index (Phi) is 5.29. The van der Waals surface area contributed by atoms with Gasteiger partial charge < -0.3 is 14.5 Å². The second kappa shape index (κ2) is 8.24. The number of nitrogens with zero attached hydrogens (tertiary/aromatic N) is 6. The van der Waals surface area contributed by atoms with Crippen LogP contribution in [0.15, 0.2) is 48.4 Å². The predicted molar refractivity (Wildman–Crippen MR) is 121 cm³/mol. The van der Waals surface area contributed by atoms with Crippen molar-refractivity contribution in [3.63, 3.8) is 0 Å². The molecule has 10 heteroatoms. The van der Waals surface area contributed by atoms with E-state index in [-0.39, 0.29) is 12.7 Å². The van der Waals surface area contributed by atoms with Gasteiger partial charge in [-0.3, -0.25) is 4.68 Å². The molecule has 4 aromatic rings. The third kappa shape index (κ3) is 4.11. The Balaban J connectivity index is 1.22. The van der Waals surface area contributed by atoms with Crippen molar-refractivity contribution in [1.82, 2.24) is 24.3 Å². The number of hydrogen-bond acceptors (Lipinski definition) is 6. The predicted octanol–water partition coefficient (Wildman–Crippen LogP) is 3.91. The number of aromatic nitrogens is 4. The highest BCUT2D eigenvalue weighted by Crippen LogP contribution is 2.26. The fourth-order valence-corrected chi connectivity index (χ4v) is 4.64. The topological polar surface area (TPSA) is 67.9 Å². The number of aryl methyl sites for hydroxylation is 1. The van der Waals surface area contributed by atoms with Gasteiger partial charge >= 0.3 is 6.09 Å². The lowest BCUT2D eigenvalue weighted by Crippen LogP contribution is -2.48. The average Bonchev–Trinajstić information content (AvgIpc) is 3.51. The van der Waals surface area contributed by atoms with Crippen LogP contribution in [-0.4, -0.2) is 56.6 Å². The van der Waals surface area contributed by atoms with Crippen molar-refractivity contribution in [2.24, 2.45) is 7.05 Å². The maximum Gasteiger partial charge on any atom is 0.410 e. The number of pyridine rings is 1. The van der Waals surface area contributed by atoms with Crippen molar-refractivity contribution in [1.29, 1.82) is 0 Å². The SMILES string of the molecule is Cn1cc(-c2ccc3c(N4CCN(C(=O)OCc5csc(Cl)c5)CC4)cnn3c2)cn1. The number of piperazine rings is 1. The summed E-state index contributed by atoms with van der Waals surface area (Å²) in [6, 6.07) is 5.99. The maximum absolute atomic E-state index is 12.4. The van der Waals surface area contributed by atoms with Gasteiger partial charge in [-0.25, -0.2) is 9.31 Å². The fourth-order valence-electron chi connectivity index (χ4n) is 3.74. The molecule has 0 radical (unpaired) electrons. The summed E-state index contributed by atoms with van der Waals surface area (Å²) in [5.74, 6) is 0. The molecule has 1 aliphatic heterocycles. The number of thiophene rings is 1. The number of ether oxygens (including phenoxy) is 1. The van der Waals surface area contributed by atoms with Gasteiger partial charge in [-0.15, -0.1) is 11.3 Å². The minimum Gasteiger partial charge on any atom is -0.445 e. The van der Waals surface area contributed by atoms with E-state index in [4.69, 9.17) is 16.3 Å². The zero-order valence-corrected chi connectivity index (χ0v) is 18.5. The number of carbonyl (C=O) groups is 1. The first-order valence-corrected chi connectivity index (χ1v) is 11.2. The number of carbonyl (C=O) groups excluding carboxylic acids is 1. The van der Waals surface area contributed by atoms with Crippen LogP contribution < -0.4 is 4.90 Å². The van der Waals surface area contributed by atoms with Gasteiger partial charge in [-0.1, -0.05) is 17.7 Å². The van der Waals surface area contributed by atoms with Crippen molar-refractivity contribution in [3.05, 3.63) is 58.3 Å². The molecule has 0 saturated carbocycles. The molecule has 1 amide bonds. The van der Waals surface area contributed by atoms with E-state index in [1.165, 1.54) is 11.3 Å². The summed E-state index contributed by atoms with van der Waals surface area (Å²) in [7, 11) is 1.90. The molecule has 0 N–H and O–H groups in total. The van der Waals surface area contributed by atoms with Gasteiger partial charge in [-0.05, 0) is 17.5 Å². The van der Waals surface area contributed by atoms with E-state index in [1.54, 1.807) is 9.58 Å². The highest BCUT2D eigenvalue weighted by molar-refractivity contribution is 7.14. The number of hydrogen-bond donors (Lipinski definition) is 0. The Hall–Kier alpha value is -3.04. The summed E-state index contributed by atoms with van der Waals surface area (Å²) < 4.78 is 9.80. The Morgan fingerprint density at radius 1 is 1.13 bits per heavy atom. The van der Waals surface area contributed by atoms with Crippen LogP contribution in [0, 0.1) is 0 Å². The van der Waals surface area contributed by atoms with Crippen molar-refractivity contribution in [3.8, 4) is 11.1 Å². The third-order valence-corrected chi connectivity index (χ3v) is 6.54. The number of anilines is 1. The Morgan fingerprint density at radius 2 is 1.97 bits per heavy atom.